The average Bonchev–Trinajstić information content (AvgIpc) is 2.69. The largest absolute Gasteiger partial charge is 0.859 e. The van der Waals surface area contributed by atoms with E-state index in [0.717, 1.165) is 12.1 Å². The Bertz CT molecular complexity index is 959. The summed E-state index contributed by atoms with van der Waals surface area (Å²) in [7, 11) is 0. The lowest BCUT2D eigenvalue weighted by Crippen LogP contribution is -3.11. The van der Waals surface area contributed by atoms with Crippen LogP contribution < -0.4 is 15.6 Å². The van der Waals surface area contributed by atoms with Crippen molar-refractivity contribution in [1.82, 2.24) is 4.98 Å². The number of quaternary nitrogens is 1. The maximum absolute atomic E-state index is 11.6. The molecular formula is C19H21N5O4. The zero-order valence-electron chi connectivity index (χ0n) is 15.9. The van der Waals surface area contributed by atoms with Crippen LogP contribution in [0.25, 0.3) is 11.1 Å². The van der Waals surface area contributed by atoms with Crippen LogP contribution in [0.2, 0.25) is 0 Å². The lowest BCUT2D eigenvalue weighted by molar-refractivity contribution is -0.894. The molecule has 9 nitrogen and oxygen atoms in total. The average molecular weight is 383 g/mol. The van der Waals surface area contributed by atoms with Gasteiger partial charge in [0.2, 0.25) is 0 Å². The van der Waals surface area contributed by atoms with E-state index in [0.29, 0.717) is 0 Å². The smallest absolute Gasteiger partial charge is 0.269 e. The predicted molar refractivity (Wildman–Crippen MR) is 101 cm³/mol. The SMILES string of the molecule is CC[NH+](CC)CC.N#Cc1c([O-])[nH]c(=O)c(C#N)c1-c1ccc([N+](=O)[O-])cc1. The molecule has 1 aromatic heterocycles. The van der Waals surface area contributed by atoms with Gasteiger partial charge in [0, 0.05) is 17.7 Å². The summed E-state index contributed by atoms with van der Waals surface area (Å²) in [4.78, 5) is 25.2. The van der Waals surface area contributed by atoms with Gasteiger partial charge in [-0.3, -0.25) is 14.9 Å². The second-order valence-corrected chi connectivity index (χ2v) is 5.75. The van der Waals surface area contributed by atoms with Gasteiger partial charge < -0.3 is 15.0 Å². The van der Waals surface area contributed by atoms with Crippen molar-refractivity contribution in [3.8, 4) is 29.1 Å². The number of nitrogens with zero attached hydrogens (tertiary/aromatic N) is 3. The maximum Gasteiger partial charge on any atom is 0.269 e. The number of nitro benzene ring substituents is 1. The van der Waals surface area contributed by atoms with Crippen molar-refractivity contribution < 1.29 is 14.9 Å². The second kappa shape index (κ2) is 10.5. The molecule has 0 saturated heterocycles. The molecule has 0 aliphatic heterocycles. The van der Waals surface area contributed by atoms with Crippen molar-refractivity contribution >= 4 is 5.69 Å². The summed E-state index contributed by atoms with van der Waals surface area (Å²) in [5, 5.41) is 40.3. The fourth-order valence-electron chi connectivity index (χ4n) is 2.58. The van der Waals surface area contributed by atoms with Crippen LogP contribution in [0, 0.1) is 32.8 Å². The molecule has 2 N–H and O–H groups in total. The minimum Gasteiger partial charge on any atom is -0.859 e. The molecule has 1 aromatic carbocycles. The van der Waals surface area contributed by atoms with Crippen LogP contribution in [0.3, 0.4) is 0 Å². The molecule has 0 unspecified atom stereocenters. The number of pyridine rings is 1. The van der Waals surface area contributed by atoms with Crippen LogP contribution in [0.1, 0.15) is 31.9 Å². The summed E-state index contributed by atoms with van der Waals surface area (Å²) in [5.41, 5.74) is -1.79. The van der Waals surface area contributed by atoms with E-state index in [9.17, 15) is 20.0 Å². The molecular weight excluding hydrogens is 362 g/mol. The number of benzene rings is 1. The normalized spacial score (nSPS) is 9.79. The fourth-order valence-corrected chi connectivity index (χ4v) is 2.58. The number of aromatic nitrogens is 1. The molecule has 0 fully saturated rings. The predicted octanol–water partition coefficient (Wildman–Crippen LogP) is 0.698. The third-order valence-electron chi connectivity index (χ3n) is 4.27. The van der Waals surface area contributed by atoms with Crippen molar-refractivity contribution in [2.45, 2.75) is 20.8 Å². The van der Waals surface area contributed by atoms with E-state index >= 15 is 0 Å². The number of aromatic amines is 1. The van der Waals surface area contributed by atoms with Crippen molar-refractivity contribution in [2.75, 3.05) is 19.6 Å². The van der Waals surface area contributed by atoms with Gasteiger partial charge in [-0.15, -0.1) is 0 Å². The van der Waals surface area contributed by atoms with Crippen LogP contribution in [0.15, 0.2) is 29.1 Å². The standard InChI is InChI=1S/C13H6N4O4.C6H15N/c14-5-9-11(10(6-15)13(19)16-12(9)18)7-1-3-8(4-2-7)17(20)21;1-4-7(5-2)6-3/h1-4H,(H2,16,18,19);4-6H2,1-3H3. The minimum absolute atomic E-state index is 0.122. The molecule has 2 aromatic rings. The highest BCUT2D eigenvalue weighted by molar-refractivity contribution is 5.78. The molecule has 2 rings (SSSR count). The molecule has 0 aliphatic carbocycles. The van der Waals surface area contributed by atoms with Crippen molar-refractivity contribution in [1.29, 1.82) is 10.5 Å². The first-order chi connectivity index (χ1) is 13.3. The molecule has 0 aliphatic rings. The monoisotopic (exact) mass is 383 g/mol. The van der Waals surface area contributed by atoms with Gasteiger partial charge in [0.05, 0.1) is 30.1 Å². The Hall–Kier alpha value is -3.69. The van der Waals surface area contributed by atoms with Gasteiger partial charge in [-0.05, 0) is 44.3 Å². The maximum atomic E-state index is 11.6. The molecule has 0 spiro atoms. The zero-order valence-corrected chi connectivity index (χ0v) is 15.9. The summed E-state index contributed by atoms with van der Waals surface area (Å²) in [5.74, 6) is -0.908. The van der Waals surface area contributed by atoms with E-state index in [1.807, 2.05) is 4.98 Å². The van der Waals surface area contributed by atoms with Crippen LogP contribution in [-0.2, 0) is 0 Å². The summed E-state index contributed by atoms with van der Waals surface area (Å²) in [6, 6.07) is 8.12. The number of nitro groups is 1. The van der Waals surface area contributed by atoms with Gasteiger partial charge in [-0.25, -0.2) is 0 Å². The highest BCUT2D eigenvalue weighted by Crippen LogP contribution is 2.29. The molecule has 28 heavy (non-hydrogen) atoms. The Morgan fingerprint density at radius 2 is 1.54 bits per heavy atom. The Balaban J connectivity index is 0.000000480. The van der Waals surface area contributed by atoms with Gasteiger partial charge in [0.25, 0.3) is 11.2 Å². The highest BCUT2D eigenvalue weighted by Gasteiger charge is 2.16. The zero-order chi connectivity index (χ0) is 21.3. The van der Waals surface area contributed by atoms with Crippen molar-refractivity contribution in [3.63, 3.8) is 0 Å². The molecule has 9 heteroatoms. The Labute approximate surface area is 162 Å². The van der Waals surface area contributed by atoms with Crippen LogP contribution in [0.5, 0.6) is 5.88 Å². The van der Waals surface area contributed by atoms with Gasteiger partial charge in [0.1, 0.15) is 17.7 Å². The summed E-state index contributed by atoms with van der Waals surface area (Å²) >= 11 is 0. The number of non-ortho nitro benzene ring substituents is 1. The number of rotatable bonds is 5. The number of nitrogens with one attached hydrogen (secondary N) is 2. The van der Waals surface area contributed by atoms with Gasteiger partial charge in [0.15, 0.2) is 0 Å². The first kappa shape index (κ1) is 22.4. The first-order valence-corrected chi connectivity index (χ1v) is 8.70. The second-order valence-electron chi connectivity index (χ2n) is 5.75. The molecule has 0 bridgehead atoms. The molecule has 1 heterocycles. The summed E-state index contributed by atoms with van der Waals surface area (Å²) in [6.07, 6.45) is 0. The van der Waals surface area contributed by atoms with E-state index in [2.05, 4.69) is 20.8 Å². The highest BCUT2D eigenvalue weighted by atomic mass is 16.6. The Morgan fingerprint density at radius 1 is 1.04 bits per heavy atom. The van der Waals surface area contributed by atoms with Gasteiger partial charge >= 0.3 is 0 Å². The lowest BCUT2D eigenvalue weighted by atomic mass is 9.97. The first-order valence-electron chi connectivity index (χ1n) is 8.70. The van der Waals surface area contributed by atoms with Crippen LogP contribution >= 0.6 is 0 Å². The molecule has 146 valence electrons. The minimum atomic E-state index is -0.908. The summed E-state index contributed by atoms with van der Waals surface area (Å²) < 4.78 is 0. The van der Waals surface area contributed by atoms with Crippen LogP contribution in [-0.4, -0.2) is 29.5 Å². The fraction of sp³-hybridized carbons (Fsp3) is 0.316. The lowest BCUT2D eigenvalue weighted by Gasteiger charge is -2.13. The van der Waals surface area contributed by atoms with E-state index < -0.39 is 16.4 Å². The molecule has 0 radical (unpaired) electrons. The molecule has 0 atom stereocenters. The van der Waals surface area contributed by atoms with Crippen molar-refractivity contribution in [3.05, 3.63) is 55.9 Å². The van der Waals surface area contributed by atoms with Gasteiger partial charge in [-0.1, -0.05) is 0 Å². The van der Waals surface area contributed by atoms with Crippen LogP contribution in [0.4, 0.5) is 5.69 Å². The summed E-state index contributed by atoms with van der Waals surface area (Å²) in [6.45, 7) is 10.5. The number of H-pyrrole nitrogens is 1. The third kappa shape index (κ3) is 5.16. The van der Waals surface area contributed by atoms with Gasteiger partial charge in [-0.2, -0.15) is 10.5 Å². The molecule has 0 amide bonds. The number of nitriles is 2. The topological polar surface area (TPSA) is 151 Å². The third-order valence-corrected chi connectivity index (χ3v) is 4.27. The van der Waals surface area contributed by atoms with E-state index in [-0.39, 0.29) is 27.9 Å². The van der Waals surface area contributed by atoms with E-state index in [1.54, 1.807) is 17.0 Å². The van der Waals surface area contributed by atoms with Crippen molar-refractivity contribution in [2.24, 2.45) is 0 Å². The van der Waals surface area contributed by atoms with E-state index in [1.165, 1.54) is 31.8 Å². The number of hydrogen-bond acceptors (Lipinski definition) is 6. The Kier molecular flexibility index (Phi) is 8.35. The quantitative estimate of drug-likeness (QED) is 0.573. The Morgan fingerprint density at radius 3 is 1.89 bits per heavy atom. The number of hydrogen-bond donors (Lipinski definition) is 2. The molecule has 0 saturated carbocycles. The van der Waals surface area contributed by atoms with E-state index in [4.69, 9.17) is 10.5 Å².